The van der Waals surface area contributed by atoms with E-state index < -0.39 is 0 Å². The Morgan fingerprint density at radius 2 is 2.11 bits per heavy atom. The van der Waals surface area contributed by atoms with Crippen molar-refractivity contribution in [3.8, 4) is 0 Å². The van der Waals surface area contributed by atoms with Crippen LogP contribution in [0.1, 0.15) is 34.1 Å². The van der Waals surface area contributed by atoms with Crippen LogP contribution in [0.2, 0.25) is 0 Å². The number of hydrogen-bond acceptors (Lipinski definition) is 4. The highest BCUT2D eigenvalue weighted by Gasteiger charge is 2.27. The summed E-state index contributed by atoms with van der Waals surface area (Å²) in [5, 5.41) is 0. The van der Waals surface area contributed by atoms with Crippen molar-refractivity contribution in [3.63, 3.8) is 0 Å². The number of nitrogens with two attached hydrogens (primary N) is 1. The van der Waals surface area contributed by atoms with Crippen LogP contribution in [0.15, 0.2) is 17.2 Å². The molecule has 1 aromatic rings. The van der Waals surface area contributed by atoms with Gasteiger partial charge in [-0.25, -0.2) is 4.98 Å². The third-order valence-corrected chi connectivity index (χ3v) is 3.86. The van der Waals surface area contributed by atoms with E-state index in [1.54, 1.807) is 17.0 Å². The van der Waals surface area contributed by atoms with Crippen LogP contribution < -0.4 is 16.2 Å². The Labute approximate surface area is 114 Å². The fourth-order valence-corrected chi connectivity index (χ4v) is 2.44. The van der Waals surface area contributed by atoms with Gasteiger partial charge in [0.25, 0.3) is 5.56 Å². The Morgan fingerprint density at radius 1 is 1.42 bits per heavy atom. The van der Waals surface area contributed by atoms with Crippen LogP contribution in [0, 0.1) is 5.92 Å². The van der Waals surface area contributed by atoms with Gasteiger partial charge >= 0.3 is 0 Å². The van der Waals surface area contributed by atoms with E-state index in [4.69, 9.17) is 5.73 Å². The highest BCUT2D eigenvalue weighted by molar-refractivity contribution is 5.37. The number of aromatic nitrogens is 2. The molecule has 2 N–H and O–H groups in total. The van der Waals surface area contributed by atoms with Crippen molar-refractivity contribution in [3.05, 3.63) is 22.7 Å². The fourth-order valence-electron chi connectivity index (χ4n) is 2.44. The first kappa shape index (κ1) is 14.1. The average molecular weight is 264 g/mol. The molecule has 2 unspecified atom stereocenters. The summed E-state index contributed by atoms with van der Waals surface area (Å²) < 4.78 is 1.74. The quantitative estimate of drug-likeness (QED) is 0.827. The summed E-state index contributed by atoms with van der Waals surface area (Å²) in [4.78, 5) is 18.8. The standard InChI is InChI=1S/C14H24N4O/c1-10-5-7-17(9-11(10)15)12-13(19)18(8-6-16-12)14(2,3)4/h6,8,10-11H,5,7,9,15H2,1-4H3. The minimum Gasteiger partial charge on any atom is -0.350 e. The van der Waals surface area contributed by atoms with Crippen molar-refractivity contribution < 1.29 is 0 Å². The molecular weight excluding hydrogens is 240 g/mol. The molecule has 1 aromatic heterocycles. The maximum Gasteiger partial charge on any atom is 0.293 e. The van der Waals surface area contributed by atoms with Gasteiger partial charge in [0.05, 0.1) is 0 Å². The van der Waals surface area contributed by atoms with Crippen molar-refractivity contribution in [1.29, 1.82) is 0 Å². The molecule has 0 amide bonds. The molecule has 0 bridgehead atoms. The first-order valence-electron chi connectivity index (χ1n) is 6.89. The second-order valence-electron chi connectivity index (χ2n) is 6.47. The topological polar surface area (TPSA) is 64.2 Å². The Balaban J connectivity index is 2.34. The lowest BCUT2D eigenvalue weighted by molar-refractivity contribution is 0.367. The van der Waals surface area contributed by atoms with Crippen LogP contribution in [0.3, 0.4) is 0 Å². The maximum atomic E-state index is 12.5. The van der Waals surface area contributed by atoms with Gasteiger partial charge in [0, 0.05) is 37.1 Å². The van der Waals surface area contributed by atoms with E-state index in [-0.39, 0.29) is 17.1 Å². The second kappa shape index (κ2) is 4.96. The SMILES string of the molecule is CC1CCN(c2nccn(C(C)(C)C)c2=O)CC1N. The zero-order chi connectivity index (χ0) is 14.2. The molecule has 19 heavy (non-hydrogen) atoms. The van der Waals surface area contributed by atoms with Gasteiger partial charge in [-0.1, -0.05) is 6.92 Å². The summed E-state index contributed by atoms with van der Waals surface area (Å²) in [5.74, 6) is 1.03. The zero-order valence-corrected chi connectivity index (χ0v) is 12.3. The molecule has 0 aromatic carbocycles. The lowest BCUT2D eigenvalue weighted by Gasteiger charge is -2.36. The molecule has 1 fully saturated rings. The molecule has 0 saturated carbocycles. The first-order chi connectivity index (χ1) is 8.80. The largest absolute Gasteiger partial charge is 0.350 e. The van der Waals surface area contributed by atoms with Crippen LogP contribution in [0.5, 0.6) is 0 Å². The lowest BCUT2D eigenvalue weighted by Crippen LogP contribution is -2.50. The Kier molecular flexibility index (Phi) is 3.67. The molecule has 1 saturated heterocycles. The summed E-state index contributed by atoms with van der Waals surface area (Å²) in [6.45, 7) is 9.77. The molecule has 0 radical (unpaired) electrons. The van der Waals surface area contributed by atoms with Crippen LogP contribution in [-0.4, -0.2) is 28.7 Å². The molecule has 0 aliphatic carbocycles. The molecule has 106 valence electrons. The molecule has 2 rings (SSSR count). The zero-order valence-electron chi connectivity index (χ0n) is 12.3. The van der Waals surface area contributed by atoms with Gasteiger partial charge in [0.2, 0.25) is 0 Å². The summed E-state index contributed by atoms with van der Waals surface area (Å²) in [6, 6.07) is 0.109. The number of anilines is 1. The van der Waals surface area contributed by atoms with Gasteiger partial charge in [-0.2, -0.15) is 0 Å². The summed E-state index contributed by atoms with van der Waals surface area (Å²) in [6.07, 6.45) is 4.45. The fraction of sp³-hybridized carbons (Fsp3) is 0.714. The lowest BCUT2D eigenvalue weighted by atomic mass is 9.94. The van der Waals surface area contributed by atoms with Gasteiger partial charge in [-0.3, -0.25) is 4.79 Å². The number of hydrogen-bond donors (Lipinski definition) is 1. The van der Waals surface area contributed by atoms with Gasteiger partial charge in [-0.05, 0) is 33.1 Å². The monoisotopic (exact) mass is 264 g/mol. The third kappa shape index (κ3) is 2.81. The van der Waals surface area contributed by atoms with Gasteiger partial charge < -0.3 is 15.2 Å². The van der Waals surface area contributed by atoms with Crippen molar-refractivity contribution >= 4 is 5.82 Å². The number of nitrogens with zero attached hydrogens (tertiary/aromatic N) is 3. The van der Waals surface area contributed by atoms with E-state index in [1.807, 2.05) is 25.7 Å². The van der Waals surface area contributed by atoms with Crippen molar-refractivity contribution in [1.82, 2.24) is 9.55 Å². The third-order valence-electron chi connectivity index (χ3n) is 3.86. The molecular formula is C14H24N4O. The Morgan fingerprint density at radius 3 is 2.68 bits per heavy atom. The van der Waals surface area contributed by atoms with Crippen molar-refractivity contribution in [2.75, 3.05) is 18.0 Å². The minimum atomic E-state index is -0.236. The summed E-state index contributed by atoms with van der Waals surface area (Å²) in [5.41, 5.74) is 5.83. The predicted molar refractivity (Wildman–Crippen MR) is 77.5 cm³/mol. The van der Waals surface area contributed by atoms with E-state index in [1.165, 1.54) is 0 Å². The van der Waals surface area contributed by atoms with E-state index in [0.717, 1.165) is 13.0 Å². The molecule has 2 atom stereocenters. The second-order valence-corrected chi connectivity index (χ2v) is 6.47. The molecule has 1 aliphatic rings. The molecule has 5 nitrogen and oxygen atoms in total. The Hall–Kier alpha value is -1.36. The highest BCUT2D eigenvalue weighted by Crippen LogP contribution is 2.19. The first-order valence-corrected chi connectivity index (χ1v) is 6.89. The summed E-state index contributed by atoms with van der Waals surface area (Å²) in [7, 11) is 0. The predicted octanol–water partition coefficient (Wildman–Crippen LogP) is 1.17. The Bertz CT molecular complexity index is 503. The molecule has 1 aliphatic heterocycles. The van der Waals surface area contributed by atoms with Crippen molar-refractivity contribution in [2.24, 2.45) is 11.7 Å². The van der Waals surface area contributed by atoms with Crippen LogP contribution in [0.4, 0.5) is 5.82 Å². The normalized spacial score (nSPS) is 24.6. The molecule has 5 heteroatoms. The number of piperidine rings is 1. The van der Waals surface area contributed by atoms with Crippen molar-refractivity contribution in [2.45, 2.75) is 45.7 Å². The van der Waals surface area contributed by atoms with E-state index in [9.17, 15) is 4.79 Å². The molecule has 0 spiro atoms. The van der Waals surface area contributed by atoms with E-state index in [0.29, 0.717) is 18.3 Å². The minimum absolute atomic E-state index is 0.0308. The highest BCUT2D eigenvalue weighted by atomic mass is 16.1. The number of rotatable bonds is 1. The maximum absolute atomic E-state index is 12.5. The van der Waals surface area contributed by atoms with Crippen LogP contribution in [-0.2, 0) is 5.54 Å². The van der Waals surface area contributed by atoms with E-state index in [2.05, 4.69) is 11.9 Å². The van der Waals surface area contributed by atoms with Gasteiger partial charge in [0.15, 0.2) is 5.82 Å². The van der Waals surface area contributed by atoms with Gasteiger partial charge in [-0.15, -0.1) is 0 Å². The van der Waals surface area contributed by atoms with E-state index >= 15 is 0 Å². The van der Waals surface area contributed by atoms with Crippen LogP contribution >= 0.6 is 0 Å². The average Bonchev–Trinajstić information content (AvgIpc) is 2.32. The van der Waals surface area contributed by atoms with Crippen LogP contribution in [0.25, 0.3) is 0 Å². The van der Waals surface area contributed by atoms with Gasteiger partial charge in [0.1, 0.15) is 0 Å². The summed E-state index contributed by atoms with van der Waals surface area (Å²) >= 11 is 0. The smallest absolute Gasteiger partial charge is 0.293 e. The molecule has 2 heterocycles.